The highest BCUT2D eigenvalue weighted by Crippen LogP contribution is 2.27. The van der Waals surface area contributed by atoms with Gasteiger partial charge in [-0.3, -0.25) is 4.79 Å². The van der Waals surface area contributed by atoms with Gasteiger partial charge in [0, 0.05) is 11.6 Å². The molecule has 3 heteroatoms. The Morgan fingerprint density at radius 3 is 2.67 bits per heavy atom. The summed E-state index contributed by atoms with van der Waals surface area (Å²) in [5.41, 5.74) is 1.87. The standard InChI is InChI=1S/C18H21NO2/c1-13-7-5-6-10-16(13)19-18(20)17-15(11-12-21-17)14-8-3-2-4-9-14/h2-4,8-9,11-13,16H,5-7,10H2,1H3,(H,19,20). The van der Waals surface area contributed by atoms with Crippen LogP contribution in [-0.2, 0) is 0 Å². The van der Waals surface area contributed by atoms with Crippen LogP contribution in [0.5, 0.6) is 0 Å². The van der Waals surface area contributed by atoms with E-state index in [2.05, 4.69) is 12.2 Å². The highest BCUT2D eigenvalue weighted by atomic mass is 16.3. The molecule has 21 heavy (non-hydrogen) atoms. The second kappa shape index (κ2) is 6.17. The Morgan fingerprint density at radius 1 is 1.14 bits per heavy atom. The van der Waals surface area contributed by atoms with Gasteiger partial charge in [0.1, 0.15) is 0 Å². The third-order valence-corrected chi connectivity index (χ3v) is 4.38. The van der Waals surface area contributed by atoms with Gasteiger partial charge in [-0.25, -0.2) is 0 Å². The maximum absolute atomic E-state index is 12.5. The van der Waals surface area contributed by atoms with Crippen molar-refractivity contribution >= 4 is 5.91 Å². The van der Waals surface area contributed by atoms with E-state index in [9.17, 15) is 4.79 Å². The summed E-state index contributed by atoms with van der Waals surface area (Å²) in [6, 6.07) is 12.0. The molecule has 0 spiro atoms. The summed E-state index contributed by atoms with van der Waals surface area (Å²) >= 11 is 0. The van der Waals surface area contributed by atoms with Gasteiger partial charge in [-0.15, -0.1) is 0 Å². The van der Waals surface area contributed by atoms with Crippen LogP contribution in [0.25, 0.3) is 11.1 Å². The average Bonchev–Trinajstić information content (AvgIpc) is 3.00. The van der Waals surface area contributed by atoms with Gasteiger partial charge in [-0.05, 0) is 30.4 Å². The number of hydrogen-bond donors (Lipinski definition) is 1. The number of carbonyl (C=O) groups is 1. The SMILES string of the molecule is CC1CCCCC1NC(=O)c1occc1-c1ccccc1. The van der Waals surface area contributed by atoms with Crippen LogP contribution >= 0.6 is 0 Å². The molecule has 0 radical (unpaired) electrons. The number of benzene rings is 1. The van der Waals surface area contributed by atoms with Crippen molar-refractivity contribution in [1.82, 2.24) is 5.32 Å². The molecule has 110 valence electrons. The van der Waals surface area contributed by atoms with Crippen LogP contribution in [0, 0.1) is 5.92 Å². The van der Waals surface area contributed by atoms with Crippen LogP contribution in [-0.4, -0.2) is 11.9 Å². The second-order valence-electron chi connectivity index (χ2n) is 5.87. The lowest BCUT2D eigenvalue weighted by atomic mass is 9.86. The fourth-order valence-corrected chi connectivity index (χ4v) is 3.09. The molecule has 0 saturated heterocycles. The molecule has 0 aliphatic heterocycles. The molecule has 1 aliphatic carbocycles. The molecule has 1 heterocycles. The minimum absolute atomic E-state index is 0.0994. The van der Waals surface area contributed by atoms with Gasteiger partial charge < -0.3 is 9.73 Å². The van der Waals surface area contributed by atoms with Crippen molar-refractivity contribution in [2.24, 2.45) is 5.92 Å². The van der Waals surface area contributed by atoms with Crippen LogP contribution in [0.15, 0.2) is 47.1 Å². The molecule has 2 unspecified atom stereocenters. The van der Waals surface area contributed by atoms with E-state index < -0.39 is 0 Å². The van der Waals surface area contributed by atoms with Crippen molar-refractivity contribution in [2.45, 2.75) is 38.6 Å². The van der Waals surface area contributed by atoms with Gasteiger partial charge >= 0.3 is 0 Å². The van der Waals surface area contributed by atoms with Crippen molar-refractivity contribution in [1.29, 1.82) is 0 Å². The summed E-state index contributed by atoms with van der Waals surface area (Å²) in [5.74, 6) is 0.856. The molecule has 1 aromatic carbocycles. The Kier molecular flexibility index (Phi) is 4.09. The lowest BCUT2D eigenvalue weighted by Crippen LogP contribution is -2.41. The largest absolute Gasteiger partial charge is 0.459 e. The van der Waals surface area contributed by atoms with Gasteiger partial charge in [0.2, 0.25) is 0 Å². The van der Waals surface area contributed by atoms with Gasteiger partial charge in [0.25, 0.3) is 5.91 Å². The molecule has 1 aliphatic rings. The van der Waals surface area contributed by atoms with Crippen molar-refractivity contribution in [3.05, 3.63) is 48.4 Å². The third kappa shape index (κ3) is 3.02. The van der Waals surface area contributed by atoms with E-state index in [1.165, 1.54) is 19.3 Å². The smallest absolute Gasteiger partial charge is 0.287 e. The van der Waals surface area contributed by atoms with Crippen molar-refractivity contribution in [3.8, 4) is 11.1 Å². The minimum atomic E-state index is -0.0994. The van der Waals surface area contributed by atoms with Crippen LogP contribution in [0.4, 0.5) is 0 Å². The quantitative estimate of drug-likeness (QED) is 0.914. The van der Waals surface area contributed by atoms with Crippen LogP contribution in [0.1, 0.15) is 43.2 Å². The molecule has 0 bridgehead atoms. The molecular weight excluding hydrogens is 262 g/mol. The molecule has 1 saturated carbocycles. The van der Waals surface area contributed by atoms with E-state index in [0.717, 1.165) is 17.5 Å². The maximum atomic E-state index is 12.5. The zero-order chi connectivity index (χ0) is 14.7. The van der Waals surface area contributed by atoms with E-state index in [-0.39, 0.29) is 11.9 Å². The van der Waals surface area contributed by atoms with Gasteiger partial charge in [-0.1, -0.05) is 50.1 Å². The molecular formula is C18H21NO2. The first kappa shape index (κ1) is 13.9. The van der Waals surface area contributed by atoms with E-state index in [1.807, 2.05) is 36.4 Å². The third-order valence-electron chi connectivity index (χ3n) is 4.38. The lowest BCUT2D eigenvalue weighted by molar-refractivity contribution is 0.0883. The molecule has 1 aromatic heterocycles. The Bertz CT molecular complexity index is 603. The molecule has 3 nitrogen and oxygen atoms in total. The van der Waals surface area contributed by atoms with Gasteiger partial charge in [0.15, 0.2) is 5.76 Å². The number of carbonyl (C=O) groups excluding carboxylic acids is 1. The van der Waals surface area contributed by atoms with Gasteiger partial charge in [0.05, 0.1) is 6.26 Å². The zero-order valence-corrected chi connectivity index (χ0v) is 12.3. The summed E-state index contributed by atoms with van der Waals surface area (Å²) in [5, 5.41) is 3.15. The summed E-state index contributed by atoms with van der Waals surface area (Å²) in [4.78, 5) is 12.5. The molecule has 3 rings (SSSR count). The molecule has 2 atom stereocenters. The topological polar surface area (TPSA) is 42.2 Å². The monoisotopic (exact) mass is 283 g/mol. The Morgan fingerprint density at radius 2 is 1.90 bits per heavy atom. The maximum Gasteiger partial charge on any atom is 0.287 e. The first-order chi connectivity index (χ1) is 10.3. The minimum Gasteiger partial charge on any atom is -0.459 e. The van der Waals surface area contributed by atoms with E-state index in [4.69, 9.17) is 4.42 Å². The Labute approximate surface area is 125 Å². The van der Waals surface area contributed by atoms with Crippen molar-refractivity contribution < 1.29 is 9.21 Å². The number of amides is 1. The first-order valence-corrected chi connectivity index (χ1v) is 7.69. The van der Waals surface area contributed by atoms with E-state index in [1.54, 1.807) is 6.26 Å². The normalized spacial score (nSPS) is 22.0. The fraction of sp³-hybridized carbons (Fsp3) is 0.389. The van der Waals surface area contributed by atoms with E-state index >= 15 is 0 Å². The fourth-order valence-electron chi connectivity index (χ4n) is 3.09. The van der Waals surface area contributed by atoms with Crippen molar-refractivity contribution in [3.63, 3.8) is 0 Å². The van der Waals surface area contributed by atoms with Crippen LogP contribution in [0.2, 0.25) is 0 Å². The van der Waals surface area contributed by atoms with Crippen molar-refractivity contribution in [2.75, 3.05) is 0 Å². The van der Waals surface area contributed by atoms with Crippen LogP contribution in [0.3, 0.4) is 0 Å². The predicted molar refractivity (Wildman–Crippen MR) is 83.0 cm³/mol. The number of furan rings is 1. The van der Waals surface area contributed by atoms with Gasteiger partial charge in [-0.2, -0.15) is 0 Å². The predicted octanol–water partition coefficient (Wildman–Crippen LogP) is 4.26. The average molecular weight is 283 g/mol. The van der Waals surface area contributed by atoms with E-state index in [0.29, 0.717) is 11.7 Å². The molecule has 1 fully saturated rings. The molecule has 1 N–H and O–H groups in total. The number of rotatable bonds is 3. The highest BCUT2D eigenvalue weighted by molar-refractivity contribution is 5.98. The first-order valence-electron chi connectivity index (χ1n) is 7.69. The summed E-state index contributed by atoms with van der Waals surface area (Å²) in [7, 11) is 0. The summed E-state index contributed by atoms with van der Waals surface area (Å²) < 4.78 is 5.45. The molecule has 2 aromatic rings. The zero-order valence-electron chi connectivity index (χ0n) is 12.3. The highest BCUT2D eigenvalue weighted by Gasteiger charge is 2.25. The lowest BCUT2D eigenvalue weighted by Gasteiger charge is -2.29. The van der Waals surface area contributed by atoms with Crippen LogP contribution < -0.4 is 5.32 Å². The Balaban J connectivity index is 1.78. The summed E-state index contributed by atoms with van der Waals surface area (Å²) in [6.07, 6.45) is 6.30. The second-order valence-corrected chi connectivity index (χ2v) is 5.87. The summed E-state index contributed by atoms with van der Waals surface area (Å²) in [6.45, 7) is 2.21. The molecule has 1 amide bonds. The number of hydrogen-bond acceptors (Lipinski definition) is 2. The Hall–Kier alpha value is -2.03. The number of nitrogens with one attached hydrogen (secondary N) is 1.